The molecule has 1 heterocycles. The lowest BCUT2D eigenvalue weighted by Crippen LogP contribution is -1.71. The number of benzene rings is 1. The molecule has 12 heavy (non-hydrogen) atoms. The van der Waals surface area contributed by atoms with Gasteiger partial charge in [-0.15, -0.1) is 11.3 Å². The molecule has 0 amide bonds. The van der Waals surface area contributed by atoms with Crippen LogP contribution >= 0.6 is 27.3 Å². The van der Waals surface area contributed by atoms with Crippen molar-refractivity contribution in [3.63, 3.8) is 0 Å². The van der Waals surface area contributed by atoms with E-state index in [0.717, 1.165) is 4.47 Å². The second-order valence-electron chi connectivity index (χ2n) is 2.44. The van der Waals surface area contributed by atoms with E-state index in [1.54, 1.807) is 11.3 Å². The molecule has 2 heteroatoms. The van der Waals surface area contributed by atoms with Crippen LogP contribution in [0.5, 0.6) is 0 Å². The summed E-state index contributed by atoms with van der Waals surface area (Å²) in [5, 5.41) is 5.24. The highest BCUT2D eigenvalue weighted by atomic mass is 79.9. The zero-order chi connectivity index (χ0) is 8.39. The Labute approximate surface area is 84.0 Å². The molecular formula is C10H6BrS. The van der Waals surface area contributed by atoms with Crippen LogP contribution in [0.1, 0.15) is 0 Å². The molecule has 0 saturated heterocycles. The van der Waals surface area contributed by atoms with Crippen LogP contribution in [-0.2, 0) is 0 Å². The Kier molecular flexibility index (Phi) is 2.28. The van der Waals surface area contributed by atoms with E-state index in [-0.39, 0.29) is 0 Å². The van der Waals surface area contributed by atoms with Crippen LogP contribution in [0.3, 0.4) is 0 Å². The van der Waals surface area contributed by atoms with Crippen LogP contribution in [0.15, 0.2) is 40.2 Å². The summed E-state index contributed by atoms with van der Waals surface area (Å²) in [6.07, 6.45) is 0. The third-order valence-corrected chi connectivity index (χ3v) is 2.77. The monoisotopic (exact) mass is 237 g/mol. The van der Waals surface area contributed by atoms with Gasteiger partial charge in [0.05, 0.1) is 5.38 Å². The summed E-state index contributed by atoms with van der Waals surface area (Å²) in [6.45, 7) is 0. The second-order valence-corrected chi connectivity index (χ2v) is 4.07. The third-order valence-electron chi connectivity index (χ3n) is 1.63. The first-order chi connectivity index (χ1) is 5.86. The van der Waals surface area contributed by atoms with Crippen LogP contribution in [0, 0.1) is 5.38 Å². The molecule has 0 N–H and O–H groups in total. The van der Waals surface area contributed by atoms with Gasteiger partial charge in [0.1, 0.15) is 0 Å². The maximum atomic E-state index is 3.40. The first-order valence-corrected chi connectivity index (χ1v) is 5.24. The van der Waals surface area contributed by atoms with Crippen molar-refractivity contribution < 1.29 is 0 Å². The number of hydrogen-bond donors (Lipinski definition) is 0. The predicted octanol–water partition coefficient (Wildman–Crippen LogP) is 3.98. The number of hydrogen-bond acceptors (Lipinski definition) is 1. The minimum absolute atomic E-state index is 1.11. The van der Waals surface area contributed by atoms with Crippen molar-refractivity contribution in [2.45, 2.75) is 0 Å². The highest BCUT2D eigenvalue weighted by Gasteiger charge is 1.96. The zero-order valence-electron chi connectivity index (χ0n) is 6.25. The lowest BCUT2D eigenvalue weighted by molar-refractivity contribution is 1.63. The largest absolute Gasteiger partial charge is 0.142 e. The Morgan fingerprint density at radius 1 is 1.08 bits per heavy atom. The van der Waals surface area contributed by atoms with Gasteiger partial charge in [-0.1, -0.05) is 28.1 Å². The molecule has 0 spiro atoms. The molecule has 0 nitrogen and oxygen atoms in total. The molecule has 0 atom stereocenters. The van der Waals surface area contributed by atoms with Gasteiger partial charge in [0.2, 0.25) is 0 Å². The summed E-state index contributed by atoms with van der Waals surface area (Å²) in [4.78, 5) is 0. The fourth-order valence-corrected chi connectivity index (χ4v) is 1.87. The average Bonchev–Trinajstić information content (AvgIpc) is 2.58. The maximum absolute atomic E-state index is 3.40. The van der Waals surface area contributed by atoms with Gasteiger partial charge in [-0.05, 0) is 29.1 Å². The van der Waals surface area contributed by atoms with Gasteiger partial charge in [0, 0.05) is 10.0 Å². The van der Waals surface area contributed by atoms with Crippen molar-refractivity contribution >= 4 is 27.3 Å². The molecule has 2 rings (SSSR count). The Hall–Kier alpha value is -0.600. The molecule has 1 aromatic heterocycles. The van der Waals surface area contributed by atoms with Gasteiger partial charge < -0.3 is 0 Å². The standard InChI is InChI=1S/C10H6BrS/c11-10-3-1-8(2-4-10)9-5-6-12-7-9/h1-6H. The fourth-order valence-electron chi connectivity index (χ4n) is 1.02. The second kappa shape index (κ2) is 3.42. The molecule has 2 aromatic rings. The molecule has 0 aliphatic heterocycles. The number of halogens is 1. The maximum Gasteiger partial charge on any atom is 0.0527 e. The summed E-state index contributed by atoms with van der Waals surface area (Å²) in [5.74, 6) is 0. The van der Waals surface area contributed by atoms with Crippen molar-refractivity contribution in [3.05, 3.63) is 45.6 Å². The van der Waals surface area contributed by atoms with Gasteiger partial charge in [0.15, 0.2) is 0 Å². The average molecular weight is 238 g/mol. The minimum atomic E-state index is 1.11. The molecule has 0 aliphatic rings. The van der Waals surface area contributed by atoms with E-state index in [4.69, 9.17) is 0 Å². The summed E-state index contributed by atoms with van der Waals surface area (Å²) < 4.78 is 1.11. The fraction of sp³-hybridized carbons (Fsp3) is 0. The lowest BCUT2D eigenvalue weighted by Gasteiger charge is -1.95. The van der Waals surface area contributed by atoms with Crippen molar-refractivity contribution in [2.24, 2.45) is 0 Å². The smallest absolute Gasteiger partial charge is 0.0527 e. The van der Waals surface area contributed by atoms with E-state index in [2.05, 4.69) is 39.5 Å². The van der Waals surface area contributed by atoms with E-state index in [9.17, 15) is 0 Å². The summed E-state index contributed by atoms with van der Waals surface area (Å²) in [5.41, 5.74) is 2.40. The normalized spacial score (nSPS) is 10.1. The van der Waals surface area contributed by atoms with Crippen LogP contribution in [-0.4, -0.2) is 0 Å². The molecule has 0 saturated carbocycles. The van der Waals surface area contributed by atoms with E-state index in [1.165, 1.54) is 11.1 Å². The summed E-state index contributed by atoms with van der Waals surface area (Å²) >= 11 is 5.00. The minimum Gasteiger partial charge on any atom is -0.142 e. The van der Waals surface area contributed by atoms with Crippen LogP contribution < -0.4 is 0 Å². The predicted molar refractivity (Wildman–Crippen MR) is 56.3 cm³/mol. The lowest BCUT2D eigenvalue weighted by atomic mass is 10.1. The molecule has 1 aromatic carbocycles. The molecule has 0 bridgehead atoms. The molecule has 0 aliphatic carbocycles. The van der Waals surface area contributed by atoms with Crippen molar-refractivity contribution in [3.8, 4) is 11.1 Å². The quantitative estimate of drug-likeness (QED) is 0.704. The summed E-state index contributed by atoms with van der Waals surface area (Å²) in [7, 11) is 0. The first kappa shape index (κ1) is 8.02. The highest BCUT2D eigenvalue weighted by molar-refractivity contribution is 9.10. The summed E-state index contributed by atoms with van der Waals surface area (Å²) in [6, 6.07) is 10.3. The van der Waals surface area contributed by atoms with Crippen LogP contribution in [0.25, 0.3) is 11.1 Å². The van der Waals surface area contributed by atoms with Gasteiger partial charge in [-0.3, -0.25) is 0 Å². The molecule has 0 unspecified atom stereocenters. The SMILES string of the molecule is Brc1ccc(-c2[c]scc2)cc1. The number of rotatable bonds is 1. The molecule has 1 radical (unpaired) electrons. The zero-order valence-corrected chi connectivity index (χ0v) is 8.65. The molecule has 59 valence electrons. The van der Waals surface area contributed by atoms with Crippen molar-refractivity contribution in [2.75, 3.05) is 0 Å². The molecular weight excluding hydrogens is 232 g/mol. The number of thiophene rings is 1. The van der Waals surface area contributed by atoms with E-state index in [1.807, 2.05) is 17.5 Å². The van der Waals surface area contributed by atoms with Crippen molar-refractivity contribution in [1.29, 1.82) is 0 Å². The first-order valence-electron chi connectivity index (χ1n) is 3.57. The van der Waals surface area contributed by atoms with Gasteiger partial charge in [0.25, 0.3) is 0 Å². The Morgan fingerprint density at radius 3 is 2.42 bits per heavy atom. The van der Waals surface area contributed by atoms with Crippen molar-refractivity contribution in [1.82, 2.24) is 0 Å². The topological polar surface area (TPSA) is 0 Å². The Balaban J connectivity index is 2.43. The van der Waals surface area contributed by atoms with Gasteiger partial charge in [-0.2, -0.15) is 0 Å². The Morgan fingerprint density at radius 2 is 1.83 bits per heavy atom. The van der Waals surface area contributed by atoms with Gasteiger partial charge >= 0.3 is 0 Å². The van der Waals surface area contributed by atoms with E-state index < -0.39 is 0 Å². The van der Waals surface area contributed by atoms with E-state index in [0.29, 0.717) is 0 Å². The van der Waals surface area contributed by atoms with Crippen LogP contribution in [0.2, 0.25) is 0 Å². The third kappa shape index (κ3) is 1.59. The Bertz CT molecular complexity index is 348. The van der Waals surface area contributed by atoms with Gasteiger partial charge in [-0.25, -0.2) is 0 Å². The van der Waals surface area contributed by atoms with E-state index >= 15 is 0 Å². The molecule has 0 fully saturated rings. The van der Waals surface area contributed by atoms with Crippen LogP contribution in [0.4, 0.5) is 0 Å². The highest BCUT2D eigenvalue weighted by Crippen LogP contribution is 2.22.